The number of nitrogens with zero attached hydrogens (tertiary/aromatic N) is 3. The molecule has 0 spiro atoms. The van der Waals surface area contributed by atoms with E-state index in [4.69, 9.17) is 4.74 Å². The van der Waals surface area contributed by atoms with E-state index in [1.54, 1.807) is 12.3 Å². The van der Waals surface area contributed by atoms with Crippen molar-refractivity contribution >= 4 is 33.8 Å². The Labute approximate surface area is 156 Å². The summed E-state index contributed by atoms with van der Waals surface area (Å²) in [6.07, 6.45) is 2.51. The molecule has 1 saturated heterocycles. The number of anilines is 2. The first-order valence-electron chi connectivity index (χ1n) is 8.34. The van der Waals surface area contributed by atoms with Crippen LogP contribution in [0.3, 0.4) is 0 Å². The highest BCUT2D eigenvalue weighted by Crippen LogP contribution is 2.22. The molecule has 0 aliphatic carbocycles. The summed E-state index contributed by atoms with van der Waals surface area (Å²) in [5.41, 5.74) is 1.11. The number of benzene rings is 1. The summed E-state index contributed by atoms with van der Waals surface area (Å²) in [5.74, 6) is 1.02. The zero-order chi connectivity index (χ0) is 18.2. The fourth-order valence-corrected chi connectivity index (χ4v) is 2.64. The van der Waals surface area contributed by atoms with Crippen LogP contribution in [-0.2, 0) is 4.74 Å². The van der Waals surface area contributed by atoms with Gasteiger partial charge in [0.2, 0.25) is 5.95 Å². The molecule has 2 heterocycles. The molecule has 1 amide bonds. The lowest BCUT2D eigenvalue weighted by atomic mass is 10.1. The number of cyclic esters (lactones) is 1. The van der Waals surface area contributed by atoms with Crippen molar-refractivity contribution in [3.05, 3.63) is 46.6 Å². The van der Waals surface area contributed by atoms with Gasteiger partial charge in [0.25, 0.3) is 0 Å². The number of aromatic nitrogens is 2. The maximum Gasteiger partial charge on any atom is 0.415 e. The largest absolute Gasteiger partial charge is 0.447 e. The van der Waals surface area contributed by atoms with Gasteiger partial charge in [-0.15, -0.1) is 0 Å². The van der Waals surface area contributed by atoms with Crippen LogP contribution in [0.4, 0.5) is 16.6 Å². The van der Waals surface area contributed by atoms with Crippen molar-refractivity contribution in [1.29, 1.82) is 0 Å². The van der Waals surface area contributed by atoms with E-state index in [1.165, 1.54) is 11.3 Å². The minimum absolute atomic E-state index is 0.0401. The van der Waals surface area contributed by atoms with Gasteiger partial charge in [-0.25, -0.2) is 9.78 Å². The third-order valence-electron chi connectivity index (χ3n) is 3.37. The molecule has 6 nitrogen and oxygen atoms in total. The van der Waals surface area contributed by atoms with E-state index >= 15 is 0 Å². The Morgan fingerprint density at radius 3 is 2.76 bits per heavy atom. The Morgan fingerprint density at radius 2 is 2.12 bits per heavy atom. The number of amides is 1. The van der Waals surface area contributed by atoms with Gasteiger partial charge < -0.3 is 10.1 Å². The number of rotatable bonds is 4. The first-order chi connectivity index (χ1) is 12.0. The van der Waals surface area contributed by atoms with Crippen molar-refractivity contribution in [2.75, 3.05) is 23.4 Å². The van der Waals surface area contributed by atoms with E-state index in [0.717, 1.165) is 10.0 Å². The van der Waals surface area contributed by atoms with Crippen LogP contribution in [0.25, 0.3) is 0 Å². The van der Waals surface area contributed by atoms with Gasteiger partial charge in [-0.3, -0.25) is 4.90 Å². The molecule has 1 aliphatic rings. The zero-order valence-corrected chi connectivity index (χ0v) is 16.3. The topological polar surface area (TPSA) is 67.3 Å². The molecular formula is C18H23BrN4O2. The quantitative estimate of drug-likeness (QED) is 0.790. The third kappa shape index (κ3) is 5.42. The van der Waals surface area contributed by atoms with Gasteiger partial charge in [0.1, 0.15) is 12.4 Å². The summed E-state index contributed by atoms with van der Waals surface area (Å²) in [5, 5.41) is 3.24. The lowest BCUT2D eigenvalue weighted by Crippen LogP contribution is -2.25. The highest BCUT2D eigenvalue weighted by Gasteiger charge is 2.25. The van der Waals surface area contributed by atoms with Crippen LogP contribution in [0.2, 0.25) is 0 Å². The maximum atomic E-state index is 11.6. The molecule has 1 N–H and O–H groups in total. The highest BCUT2D eigenvalue weighted by atomic mass is 79.9. The second-order valence-corrected chi connectivity index (χ2v) is 6.55. The second kappa shape index (κ2) is 9.36. The first kappa shape index (κ1) is 19.2. The van der Waals surface area contributed by atoms with Crippen molar-refractivity contribution < 1.29 is 9.53 Å². The number of hydrogen-bond acceptors (Lipinski definition) is 5. The summed E-state index contributed by atoms with van der Waals surface area (Å²) in [6.45, 7) is 7.18. The standard InChI is InChI=1S/C15H15BrN4O2.C3H8/c1-10(11-3-2-4-12(16)9-11)18-14-17-6-5-13(19-14)20-7-8-22-15(20)21;1-3-2/h2-6,9-10H,7-8H2,1H3,(H,17,18,19);3H2,1-2H3/t10-;/m1./s1. The molecule has 25 heavy (non-hydrogen) atoms. The molecule has 1 aliphatic heterocycles. The van der Waals surface area contributed by atoms with E-state index < -0.39 is 0 Å². The molecule has 1 atom stereocenters. The maximum absolute atomic E-state index is 11.6. The van der Waals surface area contributed by atoms with E-state index in [2.05, 4.69) is 45.1 Å². The van der Waals surface area contributed by atoms with Crippen LogP contribution in [0, 0.1) is 0 Å². The molecule has 0 saturated carbocycles. The minimum atomic E-state index is -0.371. The molecule has 1 fully saturated rings. The van der Waals surface area contributed by atoms with E-state index in [0.29, 0.717) is 24.9 Å². The van der Waals surface area contributed by atoms with Crippen molar-refractivity contribution in [3.8, 4) is 0 Å². The molecule has 134 valence electrons. The average molecular weight is 407 g/mol. The number of hydrogen-bond donors (Lipinski definition) is 1. The Balaban J connectivity index is 0.000000701. The molecule has 1 aromatic heterocycles. The monoisotopic (exact) mass is 406 g/mol. The van der Waals surface area contributed by atoms with Crippen LogP contribution >= 0.6 is 15.9 Å². The van der Waals surface area contributed by atoms with Gasteiger partial charge >= 0.3 is 6.09 Å². The molecule has 7 heteroatoms. The normalized spacial score (nSPS) is 14.4. The third-order valence-corrected chi connectivity index (χ3v) is 3.87. The summed E-state index contributed by atoms with van der Waals surface area (Å²) < 4.78 is 5.95. The Hall–Kier alpha value is -2.15. The molecule has 3 rings (SSSR count). The molecule has 0 bridgehead atoms. The minimum Gasteiger partial charge on any atom is -0.447 e. The summed E-state index contributed by atoms with van der Waals surface area (Å²) >= 11 is 3.46. The van der Waals surface area contributed by atoms with Crippen molar-refractivity contribution in [2.45, 2.75) is 33.2 Å². The van der Waals surface area contributed by atoms with Crippen LogP contribution in [0.5, 0.6) is 0 Å². The lowest BCUT2D eigenvalue weighted by Gasteiger charge is -2.16. The van der Waals surface area contributed by atoms with Gasteiger partial charge in [0, 0.05) is 10.7 Å². The van der Waals surface area contributed by atoms with Gasteiger partial charge in [-0.2, -0.15) is 4.98 Å². The van der Waals surface area contributed by atoms with E-state index in [-0.39, 0.29) is 12.1 Å². The summed E-state index contributed by atoms with van der Waals surface area (Å²) in [4.78, 5) is 21.7. The van der Waals surface area contributed by atoms with E-state index in [9.17, 15) is 4.79 Å². The predicted octanol–water partition coefficient (Wildman–Crippen LogP) is 4.79. The van der Waals surface area contributed by atoms with Crippen LogP contribution < -0.4 is 10.2 Å². The van der Waals surface area contributed by atoms with Crippen molar-refractivity contribution in [2.24, 2.45) is 0 Å². The number of carbonyl (C=O) groups is 1. The van der Waals surface area contributed by atoms with Crippen molar-refractivity contribution in [1.82, 2.24) is 9.97 Å². The van der Waals surface area contributed by atoms with Crippen molar-refractivity contribution in [3.63, 3.8) is 0 Å². The number of nitrogens with one attached hydrogen (secondary N) is 1. The second-order valence-electron chi connectivity index (χ2n) is 5.63. The smallest absolute Gasteiger partial charge is 0.415 e. The zero-order valence-electron chi connectivity index (χ0n) is 14.7. The molecule has 0 radical (unpaired) electrons. The number of halogens is 1. The Morgan fingerprint density at radius 1 is 1.36 bits per heavy atom. The van der Waals surface area contributed by atoms with Crippen LogP contribution in [0.15, 0.2) is 41.0 Å². The number of carbonyl (C=O) groups excluding carboxylic acids is 1. The van der Waals surface area contributed by atoms with Crippen LogP contribution in [0.1, 0.15) is 38.8 Å². The molecule has 1 aromatic carbocycles. The Kier molecular flexibility index (Phi) is 7.18. The van der Waals surface area contributed by atoms with Gasteiger partial charge in [-0.1, -0.05) is 48.3 Å². The molecular weight excluding hydrogens is 384 g/mol. The lowest BCUT2D eigenvalue weighted by molar-refractivity contribution is 0.181. The molecule has 2 aromatic rings. The highest BCUT2D eigenvalue weighted by molar-refractivity contribution is 9.10. The van der Waals surface area contributed by atoms with E-state index in [1.807, 2.05) is 31.2 Å². The fraction of sp³-hybridized carbons (Fsp3) is 0.389. The van der Waals surface area contributed by atoms with Crippen LogP contribution in [-0.4, -0.2) is 29.2 Å². The summed E-state index contributed by atoms with van der Waals surface area (Å²) in [6, 6.07) is 9.77. The predicted molar refractivity (Wildman–Crippen MR) is 103 cm³/mol. The number of ether oxygens (including phenoxy) is 1. The molecule has 0 unspecified atom stereocenters. The fourth-order valence-electron chi connectivity index (χ4n) is 2.22. The Bertz CT molecular complexity index is 711. The first-order valence-corrected chi connectivity index (χ1v) is 9.13. The van der Waals surface area contributed by atoms with Gasteiger partial charge in [0.05, 0.1) is 12.6 Å². The SMILES string of the molecule is CCC.C[C@@H](Nc1nccc(N2CCOC2=O)n1)c1cccc(Br)c1. The van der Waals surface area contributed by atoms with Gasteiger partial charge in [-0.05, 0) is 30.7 Å². The van der Waals surface area contributed by atoms with Gasteiger partial charge in [0.15, 0.2) is 0 Å². The average Bonchev–Trinajstić information content (AvgIpc) is 3.02. The summed E-state index contributed by atoms with van der Waals surface area (Å²) in [7, 11) is 0.